The molecule has 0 saturated heterocycles. The molecule has 14 heavy (non-hydrogen) atoms. The molecule has 4 nitrogen and oxygen atoms in total. The smallest absolute Gasteiger partial charge is 0.220 e. The monoisotopic (exact) mass is 199 g/mol. The number of rotatable bonds is 6. The Labute approximate surface area is 84.1 Å². The molecule has 1 N–H and O–H groups in total. The summed E-state index contributed by atoms with van der Waals surface area (Å²) in [5.74, 6) is -0.325. The normalized spacial score (nSPS) is 10.0. The summed E-state index contributed by atoms with van der Waals surface area (Å²) in [5.41, 5.74) is 0. The van der Waals surface area contributed by atoms with E-state index in [1.807, 2.05) is 0 Å². The largest absolute Gasteiger partial charge is 0.349 e. The average Bonchev–Trinajstić information content (AvgIpc) is 2.10. The molecule has 80 valence electrons. The van der Waals surface area contributed by atoms with Crippen LogP contribution in [0.5, 0.6) is 0 Å². The van der Waals surface area contributed by atoms with Crippen LogP contribution in [0.15, 0.2) is 0 Å². The molecule has 0 aromatic heterocycles. The van der Waals surface area contributed by atoms with Gasteiger partial charge in [-0.1, -0.05) is 13.8 Å². The van der Waals surface area contributed by atoms with E-state index in [0.29, 0.717) is 0 Å². The number of carbonyl (C=O) groups excluding carboxylic acids is 3. The van der Waals surface area contributed by atoms with Crippen LogP contribution in [0.25, 0.3) is 0 Å². The van der Waals surface area contributed by atoms with Crippen molar-refractivity contribution in [2.45, 2.75) is 33.6 Å². The minimum atomic E-state index is -0.241. The number of carbonyl (C=O) groups is 3. The molecule has 0 unspecified atom stereocenters. The third kappa shape index (κ3) is 6.34. The molecule has 0 saturated carbocycles. The molecule has 0 rings (SSSR count). The van der Waals surface area contributed by atoms with Crippen molar-refractivity contribution in [1.29, 1.82) is 0 Å². The number of Topliss-reactive ketones (excluding diaryl/α,β-unsaturated/α-hetero) is 2. The molecule has 0 aromatic carbocycles. The number of amides is 1. The van der Waals surface area contributed by atoms with E-state index in [4.69, 9.17) is 0 Å². The van der Waals surface area contributed by atoms with Crippen molar-refractivity contribution in [1.82, 2.24) is 5.32 Å². The van der Waals surface area contributed by atoms with Gasteiger partial charge < -0.3 is 10.1 Å². The second kappa shape index (κ2) is 6.29. The number of nitrogens with one attached hydrogen (secondary N) is 1. The highest BCUT2D eigenvalue weighted by atomic mass is 16.2. The van der Waals surface area contributed by atoms with Gasteiger partial charge in [0.2, 0.25) is 5.91 Å². The van der Waals surface area contributed by atoms with Gasteiger partial charge in [-0.05, 0) is 6.92 Å². The van der Waals surface area contributed by atoms with Crippen LogP contribution in [0, 0.1) is 5.92 Å². The van der Waals surface area contributed by atoms with E-state index in [0.717, 1.165) is 0 Å². The summed E-state index contributed by atoms with van der Waals surface area (Å²) in [5, 5.41) is 2.48. The molecule has 0 aliphatic rings. The van der Waals surface area contributed by atoms with Gasteiger partial charge in [0.25, 0.3) is 0 Å². The second-order valence-corrected chi connectivity index (χ2v) is 3.60. The molecule has 0 heterocycles. The van der Waals surface area contributed by atoms with Crippen molar-refractivity contribution in [3.63, 3.8) is 0 Å². The highest BCUT2D eigenvalue weighted by Gasteiger charge is 2.09. The van der Waals surface area contributed by atoms with E-state index < -0.39 is 0 Å². The van der Waals surface area contributed by atoms with Crippen molar-refractivity contribution in [2.75, 3.05) is 6.54 Å². The first-order valence-electron chi connectivity index (χ1n) is 4.72. The summed E-state index contributed by atoms with van der Waals surface area (Å²) in [6.07, 6.45) is 0.405. The SMILES string of the molecule is CC(=O)CCC(=O)NCC(=O)C(C)C. The Balaban J connectivity index is 3.64. The Morgan fingerprint density at radius 1 is 1.14 bits per heavy atom. The van der Waals surface area contributed by atoms with Crippen molar-refractivity contribution in [2.24, 2.45) is 5.92 Å². The Hall–Kier alpha value is -1.19. The van der Waals surface area contributed by atoms with Gasteiger partial charge in [0.1, 0.15) is 5.78 Å². The number of ketones is 2. The van der Waals surface area contributed by atoms with Gasteiger partial charge in [-0.2, -0.15) is 0 Å². The van der Waals surface area contributed by atoms with Crippen LogP contribution in [0.1, 0.15) is 33.6 Å². The van der Waals surface area contributed by atoms with Crippen LogP contribution in [-0.2, 0) is 14.4 Å². The second-order valence-electron chi connectivity index (χ2n) is 3.60. The van der Waals surface area contributed by atoms with E-state index in [9.17, 15) is 14.4 Å². The molecular weight excluding hydrogens is 182 g/mol. The Bertz CT molecular complexity index is 234. The molecule has 4 heteroatoms. The summed E-state index contributed by atoms with van der Waals surface area (Å²) in [7, 11) is 0. The topological polar surface area (TPSA) is 63.2 Å². The quantitative estimate of drug-likeness (QED) is 0.684. The summed E-state index contributed by atoms with van der Waals surface area (Å²) in [6.45, 7) is 5.06. The fourth-order valence-corrected chi connectivity index (χ4v) is 0.768. The van der Waals surface area contributed by atoms with Gasteiger partial charge in [0, 0.05) is 18.8 Å². The highest BCUT2D eigenvalue weighted by molar-refractivity contribution is 5.88. The standard InChI is InChI=1S/C10H17NO3/c1-7(2)9(13)6-11-10(14)5-4-8(3)12/h7H,4-6H2,1-3H3,(H,11,14). The maximum absolute atomic E-state index is 11.1. The molecule has 0 radical (unpaired) electrons. The van der Waals surface area contributed by atoms with Crippen LogP contribution < -0.4 is 5.32 Å². The van der Waals surface area contributed by atoms with E-state index in [-0.39, 0.29) is 42.8 Å². The predicted molar refractivity (Wildman–Crippen MR) is 52.8 cm³/mol. The summed E-state index contributed by atoms with van der Waals surface area (Å²) in [6, 6.07) is 0. The zero-order valence-corrected chi connectivity index (χ0v) is 8.92. The van der Waals surface area contributed by atoms with Gasteiger partial charge in [-0.3, -0.25) is 9.59 Å². The van der Waals surface area contributed by atoms with E-state index in [2.05, 4.69) is 5.32 Å². The zero-order valence-electron chi connectivity index (χ0n) is 8.92. The molecular formula is C10H17NO3. The predicted octanol–water partition coefficient (Wildman–Crippen LogP) is 0.697. The molecule has 0 bridgehead atoms. The lowest BCUT2D eigenvalue weighted by molar-refractivity contribution is -0.127. The van der Waals surface area contributed by atoms with Gasteiger partial charge in [0.05, 0.1) is 6.54 Å². The molecule has 0 aliphatic carbocycles. The minimum Gasteiger partial charge on any atom is -0.349 e. The van der Waals surface area contributed by atoms with Gasteiger partial charge >= 0.3 is 0 Å². The summed E-state index contributed by atoms with van der Waals surface area (Å²) in [4.78, 5) is 32.7. The van der Waals surface area contributed by atoms with Crippen molar-refractivity contribution >= 4 is 17.5 Å². The van der Waals surface area contributed by atoms with Crippen LogP contribution >= 0.6 is 0 Å². The molecule has 0 atom stereocenters. The lowest BCUT2D eigenvalue weighted by atomic mass is 10.1. The van der Waals surface area contributed by atoms with E-state index in [1.165, 1.54) is 6.92 Å². The van der Waals surface area contributed by atoms with Gasteiger partial charge in [0.15, 0.2) is 5.78 Å². The summed E-state index contributed by atoms with van der Waals surface area (Å²) >= 11 is 0. The van der Waals surface area contributed by atoms with Crippen molar-refractivity contribution in [3.05, 3.63) is 0 Å². The lowest BCUT2D eigenvalue weighted by Crippen LogP contribution is -2.31. The van der Waals surface area contributed by atoms with Gasteiger partial charge in [-0.15, -0.1) is 0 Å². The van der Waals surface area contributed by atoms with E-state index >= 15 is 0 Å². The molecule has 0 aliphatic heterocycles. The number of hydrogen-bond acceptors (Lipinski definition) is 3. The fraction of sp³-hybridized carbons (Fsp3) is 0.700. The Morgan fingerprint density at radius 3 is 2.14 bits per heavy atom. The van der Waals surface area contributed by atoms with Gasteiger partial charge in [-0.25, -0.2) is 0 Å². The van der Waals surface area contributed by atoms with Crippen LogP contribution in [-0.4, -0.2) is 24.0 Å². The fourth-order valence-electron chi connectivity index (χ4n) is 0.768. The zero-order chi connectivity index (χ0) is 11.1. The van der Waals surface area contributed by atoms with Crippen LogP contribution in [0.4, 0.5) is 0 Å². The maximum atomic E-state index is 11.1. The first kappa shape index (κ1) is 12.8. The maximum Gasteiger partial charge on any atom is 0.220 e. The average molecular weight is 199 g/mol. The molecule has 0 fully saturated rings. The van der Waals surface area contributed by atoms with E-state index in [1.54, 1.807) is 13.8 Å². The van der Waals surface area contributed by atoms with Crippen molar-refractivity contribution < 1.29 is 14.4 Å². The lowest BCUT2D eigenvalue weighted by Gasteiger charge is -2.05. The molecule has 1 amide bonds. The third-order valence-electron chi connectivity index (χ3n) is 1.81. The first-order chi connectivity index (χ1) is 6.43. The highest BCUT2D eigenvalue weighted by Crippen LogP contribution is 1.93. The Kier molecular flexibility index (Phi) is 5.76. The molecule has 0 spiro atoms. The van der Waals surface area contributed by atoms with Crippen LogP contribution in [0.2, 0.25) is 0 Å². The third-order valence-corrected chi connectivity index (χ3v) is 1.81. The molecule has 0 aromatic rings. The first-order valence-corrected chi connectivity index (χ1v) is 4.72. The Morgan fingerprint density at radius 2 is 1.71 bits per heavy atom. The number of hydrogen-bond donors (Lipinski definition) is 1. The van der Waals surface area contributed by atoms with Crippen LogP contribution in [0.3, 0.4) is 0 Å². The summed E-state index contributed by atoms with van der Waals surface area (Å²) < 4.78 is 0. The van der Waals surface area contributed by atoms with Crippen molar-refractivity contribution in [3.8, 4) is 0 Å². The minimum absolute atomic E-state index is 0.00109.